The predicted molar refractivity (Wildman–Crippen MR) is 78.4 cm³/mol. The SMILES string of the molecule is CCCC1CCN(c2cc(C)ncc2CCl)CC1. The fraction of sp³-hybridized carbons (Fsp3) is 0.667. The van der Waals surface area contributed by atoms with Crippen LogP contribution < -0.4 is 4.90 Å². The van der Waals surface area contributed by atoms with Gasteiger partial charge in [0.15, 0.2) is 0 Å². The Hall–Kier alpha value is -0.760. The Labute approximate surface area is 115 Å². The van der Waals surface area contributed by atoms with Gasteiger partial charge in [-0.15, -0.1) is 11.6 Å². The highest BCUT2D eigenvalue weighted by Gasteiger charge is 2.20. The van der Waals surface area contributed by atoms with Gasteiger partial charge < -0.3 is 4.90 Å². The zero-order valence-electron chi connectivity index (χ0n) is 11.5. The molecule has 2 heterocycles. The molecule has 1 aromatic heterocycles. The lowest BCUT2D eigenvalue weighted by Crippen LogP contribution is -2.34. The molecule has 1 aromatic rings. The molecule has 0 radical (unpaired) electrons. The predicted octanol–water partition coefficient (Wildman–Crippen LogP) is 4.15. The standard InChI is InChI=1S/C15H23ClN2/c1-3-4-13-5-7-18(8-6-13)15-9-12(2)17-11-14(15)10-16/h9,11,13H,3-8,10H2,1-2H3. The molecule has 0 unspecified atom stereocenters. The van der Waals surface area contributed by atoms with E-state index >= 15 is 0 Å². The van der Waals surface area contributed by atoms with Crippen LogP contribution >= 0.6 is 11.6 Å². The average Bonchev–Trinajstić information content (AvgIpc) is 2.40. The molecule has 1 aliphatic rings. The van der Waals surface area contributed by atoms with Gasteiger partial charge in [-0.1, -0.05) is 19.8 Å². The van der Waals surface area contributed by atoms with Crippen molar-refractivity contribution in [3.05, 3.63) is 23.5 Å². The van der Waals surface area contributed by atoms with Crippen molar-refractivity contribution in [3.63, 3.8) is 0 Å². The Morgan fingerprint density at radius 2 is 2.11 bits per heavy atom. The minimum absolute atomic E-state index is 0.553. The first kappa shape index (κ1) is 13.7. The quantitative estimate of drug-likeness (QED) is 0.762. The number of pyridine rings is 1. The van der Waals surface area contributed by atoms with E-state index in [0.717, 1.165) is 30.3 Å². The fourth-order valence-electron chi connectivity index (χ4n) is 2.84. The number of alkyl halides is 1. The first-order valence-electron chi connectivity index (χ1n) is 7.01. The van der Waals surface area contributed by atoms with Gasteiger partial charge in [0, 0.05) is 36.2 Å². The Bertz CT molecular complexity index is 384. The van der Waals surface area contributed by atoms with Crippen LogP contribution in [0.25, 0.3) is 0 Å². The molecule has 18 heavy (non-hydrogen) atoms. The van der Waals surface area contributed by atoms with Crippen molar-refractivity contribution in [1.82, 2.24) is 4.98 Å². The topological polar surface area (TPSA) is 16.1 Å². The molecule has 0 spiro atoms. The second-order valence-electron chi connectivity index (χ2n) is 5.31. The summed E-state index contributed by atoms with van der Waals surface area (Å²) < 4.78 is 0. The average molecular weight is 267 g/mol. The summed E-state index contributed by atoms with van der Waals surface area (Å²) in [6, 6.07) is 2.18. The fourth-order valence-corrected chi connectivity index (χ4v) is 3.05. The van der Waals surface area contributed by atoms with Crippen molar-refractivity contribution >= 4 is 17.3 Å². The van der Waals surface area contributed by atoms with Gasteiger partial charge in [0.05, 0.1) is 5.88 Å². The summed E-state index contributed by atoms with van der Waals surface area (Å²) in [5.41, 5.74) is 3.54. The maximum atomic E-state index is 6.02. The molecule has 0 saturated carbocycles. The van der Waals surface area contributed by atoms with E-state index in [1.54, 1.807) is 0 Å². The van der Waals surface area contributed by atoms with Crippen LogP contribution in [0.5, 0.6) is 0 Å². The van der Waals surface area contributed by atoms with Crippen LogP contribution in [0.2, 0.25) is 0 Å². The molecule has 3 heteroatoms. The Kier molecular flexibility index (Phi) is 4.87. The molecule has 0 aromatic carbocycles. The van der Waals surface area contributed by atoms with Gasteiger partial charge in [-0.2, -0.15) is 0 Å². The maximum Gasteiger partial charge on any atom is 0.0509 e. The molecular formula is C15H23ClN2. The minimum atomic E-state index is 0.553. The largest absolute Gasteiger partial charge is 0.371 e. The third-order valence-corrected chi connectivity index (χ3v) is 4.18. The van der Waals surface area contributed by atoms with E-state index in [-0.39, 0.29) is 0 Å². The van der Waals surface area contributed by atoms with E-state index in [0.29, 0.717) is 5.88 Å². The normalized spacial score (nSPS) is 17.2. The Morgan fingerprint density at radius 3 is 2.72 bits per heavy atom. The molecule has 0 N–H and O–H groups in total. The van der Waals surface area contributed by atoms with Crippen molar-refractivity contribution < 1.29 is 0 Å². The lowest BCUT2D eigenvalue weighted by Gasteiger charge is -2.34. The summed E-state index contributed by atoms with van der Waals surface area (Å²) in [6.45, 7) is 6.66. The molecule has 0 amide bonds. The molecule has 1 aliphatic heterocycles. The summed E-state index contributed by atoms with van der Waals surface area (Å²) in [4.78, 5) is 6.82. The van der Waals surface area contributed by atoms with Crippen molar-refractivity contribution in [3.8, 4) is 0 Å². The van der Waals surface area contributed by atoms with E-state index in [4.69, 9.17) is 11.6 Å². The van der Waals surface area contributed by atoms with Gasteiger partial charge >= 0.3 is 0 Å². The number of piperidine rings is 1. The minimum Gasteiger partial charge on any atom is -0.371 e. The van der Waals surface area contributed by atoms with E-state index in [9.17, 15) is 0 Å². The second-order valence-corrected chi connectivity index (χ2v) is 5.57. The van der Waals surface area contributed by atoms with Crippen LogP contribution in [-0.2, 0) is 5.88 Å². The van der Waals surface area contributed by atoms with Gasteiger partial charge in [-0.3, -0.25) is 4.98 Å². The summed E-state index contributed by atoms with van der Waals surface area (Å²) in [7, 11) is 0. The van der Waals surface area contributed by atoms with E-state index in [1.165, 1.54) is 31.4 Å². The molecule has 1 fully saturated rings. The van der Waals surface area contributed by atoms with Crippen LogP contribution in [-0.4, -0.2) is 18.1 Å². The second kappa shape index (κ2) is 6.42. The number of anilines is 1. The van der Waals surface area contributed by atoms with Crippen molar-refractivity contribution in [2.75, 3.05) is 18.0 Å². The monoisotopic (exact) mass is 266 g/mol. The van der Waals surface area contributed by atoms with Gasteiger partial charge in [0.2, 0.25) is 0 Å². The van der Waals surface area contributed by atoms with Crippen LogP contribution in [0.1, 0.15) is 43.9 Å². The number of nitrogens with zero attached hydrogens (tertiary/aromatic N) is 2. The number of halogens is 1. The molecule has 0 aliphatic carbocycles. The van der Waals surface area contributed by atoms with Gasteiger partial charge in [0.1, 0.15) is 0 Å². The van der Waals surface area contributed by atoms with E-state index in [1.807, 2.05) is 13.1 Å². The molecular weight excluding hydrogens is 244 g/mol. The van der Waals surface area contributed by atoms with Crippen LogP contribution in [0.15, 0.2) is 12.3 Å². The zero-order valence-corrected chi connectivity index (χ0v) is 12.2. The first-order valence-corrected chi connectivity index (χ1v) is 7.54. The number of rotatable bonds is 4. The van der Waals surface area contributed by atoms with Crippen molar-refractivity contribution in [2.45, 2.75) is 45.4 Å². The van der Waals surface area contributed by atoms with Gasteiger partial charge in [0.25, 0.3) is 0 Å². The maximum absolute atomic E-state index is 6.02. The highest BCUT2D eigenvalue weighted by Crippen LogP contribution is 2.29. The smallest absolute Gasteiger partial charge is 0.0509 e. The van der Waals surface area contributed by atoms with E-state index < -0.39 is 0 Å². The summed E-state index contributed by atoms with van der Waals surface area (Å²) in [6.07, 6.45) is 7.25. The lowest BCUT2D eigenvalue weighted by atomic mass is 9.92. The third-order valence-electron chi connectivity index (χ3n) is 3.89. The summed E-state index contributed by atoms with van der Waals surface area (Å²) in [5.74, 6) is 1.48. The third kappa shape index (κ3) is 3.17. The summed E-state index contributed by atoms with van der Waals surface area (Å²) >= 11 is 6.02. The Balaban J connectivity index is 2.06. The van der Waals surface area contributed by atoms with Crippen LogP contribution in [0.4, 0.5) is 5.69 Å². The number of aromatic nitrogens is 1. The van der Waals surface area contributed by atoms with Crippen molar-refractivity contribution in [2.24, 2.45) is 5.92 Å². The Morgan fingerprint density at radius 1 is 1.39 bits per heavy atom. The molecule has 1 saturated heterocycles. The number of hydrogen-bond acceptors (Lipinski definition) is 2. The van der Waals surface area contributed by atoms with Crippen LogP contribution in [0.3, 0.4) is 0 Å². The van der Waals surface area contributed by atoms with Crippen molar-refractivity contribution in [1.29, 1.82) is 0 Å². The molecule has 2 nitrogen and oxygen atoms in total. The lowest BCUT2D eigenvalue weighted by molar-refractivity contribution is 0.378. The zero-order chi connectivity index (χ0) is 13.0. The summed E-state index contributed by atoms with van der Waals surface area (Å²) in [5, 5.41) is 0. The highest BCUT2D eigenvalue weighted by molar-refractivity contribution is 6.17. The highest BCUT2D eigenvalue weighted by atomic mass is 35.5. The molecule has 100 valence electrons. The van der Waals surface area contributed by atoms with Gasteiger partial charge in [-0.05, 0) is 31.7 Å². The van der Waals surface area contributed by atoms with Gasteiger partial charge in [-0.25, -0.2) is 0 Å². The van der Waals surface area contributed by atoms with Crippen LogP contribution in [0, 0.1) is 12.8 Å². The number of aryl methyl sites for hydroxylation is 1. The molecule has 0 bridgehead atoms. The number of hydrogen-bond donors (Lipinski definition) is 0. The molecule has 2 rings (SSSR count). The molecule has 0 atom stereocenters. The first-order chi connectivity index (χ1) is 8.74. The van der Waals surface area contributed by atoms with E-state index in [2.05, 4.69) is 22.9 Å².